The summed E-state index contributed by atoms with van der Waals surface area (Å²) in [5.74, 6) is 5.00. The van der Waals surface area contributed by atoms with Crippen molar-refractivity contribution in [1.29, 1.82) is 0 Å². The summed E-state index contributed by atoms with van der Waals surface area (Å²) >= 11 is 2.20. The van der Waals surface area contributed by atoms with Gasteiger partial charge in [-0.2, -0.15) is 0 Å². The molecule has 0 fully saturated rings. The summed E-state index contributed by atoms with van der Waals surface area (Å²) in [5, 5.41) is 0. The molecule has 2 rings (SSSR count). The Morgan fingerprint density at radius 1 is 1.38 bits per heavy atom. The summed E-state index contributed by atoms with van der Waals surface area (Å²) in [5.41, 5.74) is 3.00. The number of hydrogen-bond donors (Lipinski definition) is 2. The van der Waals surface area contributed by atoms with Crippen molar-refractivity contribution in [3.63, 3.8) is 0 Å². The molecule has 1 aromatic heterocycles. The molecule has 0 saturated carbocycles. The normalized spacial score (nSPS) is 10.1. The molecule has 2 aromatic rings. The maximum absolute atomic E-state index is 11.4. The number of nitrogen functional groups attached to an aromatic ring is 1. The molecule has 6 heteroatoms. The zero-order valence-electron chi connectivity index (χ0n) is 8.11. The summed E-state index contributed by atoms with van der Waals surface area (Å²) in [7, 11) is 0. The lowest BCUT2D eigenvalue weighted by molar-refractivity contribution is 0.0949. The highest BCUT2D eigenvalue weighted by molar-refractivity contribution is 14.1. The van der Waals surface area contributed by atoms with Crippen LogP contribution in [0.15, 0.2) is 35.1 Å². The Hall–Kier alpha value is -1.41. The van der Waals surface area contributed by atoms with E-state index in [0.29, 0.717) is 5.76 Å². The van der Waals surface area contributed by atoms with E-state index in [4.69, 9.17) is 10.3 Å². The van der Waals surface area contributed by atoms with Crippen LogP contribution in [0.3, 0.4) is 0 Å². The van der Waals surface area contributed by atoms with Crippen LogP contribution in [0.1, 0.15) is 10.5 Å². The van der Waals surface area contributed by atoms with E-state index >= 15 is 0 Å². The number of aromatic nitrogens is 1. The summed E-state index contributed by atoms with van der Waals surface area (Å²) in [4.78, 5) is 15.2. The zero-order valence-corrected chi connectivity index (χ0v) is 10.3. The molecule has 1 heterocycles. The van der Waals surface area contributed by atoms with Crippen molar-refractivity contribution in [2.24, 2.45) is 5.84 Å². The molecule has 3 N–H and O–H groups in total. The number of carbonyl (C=O) groups is 1. The minimum atomic E-state index is -0.470. The smallest absolute Gasteiger partial charge is 0.287 e. The van der Waals surface area contributed by atoms with Gasteiger partial charge in [-0.15, -0.1) is 0 Å². The monoisotopic (exact) mass is 329 g/mol. The minimum Gasteiger partial charge on any atom is -0.443 e. The van der Waals surface area contributed by atoms with Crippen LogP contribution in [-0.2, 0) is 0 Å². The predicted molar refractivity (Wildman–Crippen MR) is 66.3 cm³/mol. The van der Waals surface area contributed by atoms with E-state index < -0.39 is 5.91 Å². The molecule has 0 bridgehead atoms. The molecule has 0 atom stereocenters. The van der Waals surface area contributed by atoms with E-state index in [-0.39, 0.29) is 5.69 Å². The molecule has 0 spiro atoms. The maximum atomic E-state index is 11.4. The Kier molecular flexibility index (Phi) is 3.20. The van der Waals surface area contributed by atoms with E-state index in [0.717, 1.165) is 9.13 Å². The number of benzene rings is 1. The highest BCUT2D eigenvalue weighted by Crippen LogP contribution is 2.23. The van der Waals surface area contributed by atoms with Gasteiger partial charge in [0.2, 0.25) is 0 Å². The van der Waals surface area contributed by atoms with Crippen LogP contribution in [0.25, 0.3) is 11.3 Å². The fourth-order valence-electron chi connectivity index (χ4n) is 1.28. The summed E-state index contributed by atoms with van der Waals surface area (Å²) < 4.78 is 6.29. The van der Waals surface area contributed by atoms with Crippen molar-refractivity contribution >= 4 is 28.5 Å². The molecule has 1 amide bonds. The first-order valence-corrected chi connectivity index (χ1v) is 5.50. The van der Waals surface area contributed by atoms with Gasteiger partial charge in [-0.25, -0.2) is 10.8 Å². The maximum Gasteiger partial charge on any atom is 0.287 e. The molecule has 1 aromatic carbocycles. The van der Waals surface area contributed by atoms with Crippen molar-refractivity contribution < 1.29 is 9.21 Å². The highest BCUT2D eigenvalue weighted by Gasteiger charge is 2.16. The van der Waals surface area contributed by atoms with Crippen LogP contribution in [0.4, 0.5) is 0 Å². The quantitative estimate of drug-likeness (QED) is 0.379. The van der Waals surface area contributed by atoms with Gasteiger partial charge in [-0.1, -0.05) is 12.1 Å². The van der Waals surface area contributed by atoms with Crippen LogP contribution < -0.4 is 11.3 Å². The van der Waals surface area contributed by atoms with Gasteiger partial charge in [0.05, 0.1) is 0 Å². The third-order valence-electron chi connectivity index (χ3n) is 2.02. The molecule has 0 aliphatic heterocycles. The van der Waals surface area contributed by atoms with Crippen LogP contribution in [0, 0.1) is 3.57 Å². The van der Waals surface area contributed by atoms with Crippen molar-refractivity contribution in [2.45, 2.75) is 0 Å². The van der Waals surface area contributed by atoms with Crippen LogP contribution >= 0.6 is 22.6 Å². The van der Waals surface area contributed by atoms with E-state index in [1.165, 1.54) is 6.39 Å². The molecule has 0 aliphatic carbocycles. The number of hydrogen-bond acceptors (Lipinski definition) is 4. The van der Waals surface area contributed by atoms with E-state index in [9.17, 15) is 4.79 Å². The lowest BCUT2D eigenvalue weighted by Gasteiger charge is -2.00. The van der Waals surface area contributed by atoms with Crippen molar-refractivity contribution in [3.8, 4) is 11.3 Å². The number of rotatable bonds is 2. The van der Waals surface area contributed by atoms with Crippen molar-refractivity contribution in [1.82, 2.24) is 10.4 Å². The highest BCUT2D eigenvalue weighted by atomic mass is 127. The summed E-state index contributed by atoms with van der Waals surface area (Å²) in [6.45, 7) is 0. The Bertz CT molecular complexity index is 507. The van der Waals surface area contributed by atoms with Gasteiger partial charge in [-0.05, 0) is 34.7 Å². The first kappa shape index (κ1) is 11.1. The Morgan fingerprint density at radius 2 is 2.06 bits per heavy atom. The number of nitrogens with zero attached hydrogens (tertiary/aromatic N) is 1. The third-order valence-corrected chi connectivity index (χ3v) is 2.74. The standard InChI is InChI=1S/C10H8IN3O2/c11-7-3-1-6(2-4-7)9-8(10(15)14-12)13-5-16-9/h1-5H,12H2,(H,14,15). The number of carbonyl (C=O) groups excluding carboxylic acids is 1. The Balaban J connectivity index is 2.44. The predicted octanol–water partition coefficient (Wildman–Crippen LogP) is 1.55. The average molecular weight is 329 g/mol. The van der Waals surface area contributed by atoms with Crippen LogP contribution in [0.5, 0.6) is 0 Å². The molecule has 82 valence electrons. The Morgan fingerprint density at radius 3 is 2.69 bits per heavy atom. The third kappa shape index (κ3) is 2.07. The minimum absolute atomic E-state index is 0.184. The number of nitrogens with one attached hydrogen (secondary N) is 1. The number of halogens is 1. The summed E-state index contributed by atoms with van der Waals surface area (Å²) in [6.07, 6.45) is 1.22. The Labute approximate surface area is 105 Å². The second kappa shape index (κ2) is 4.62. The van der Waals surface area contributed by atoms with Gasteiger partial charge in [0.1, 0.15) is 0 Å². The summed E-state index contributed by atoms with van der Waals surface area (Å²) in [6, 6.07) is 7.55. The fraction of sp³-hybridized carbons (Fsp3) is 0. The molecule has 0 unspecified atom stereocenters. The second-order valence-corrected chi connectivity index (χ2v) is 4.26. The lowest BCUT2D eigenvalue weighted by Crippen LogP contribution is -2.30. The zero-order chi connectivity index (χ0) is 11.5. The topological polar surface area (TPSA) is 81.1 Å². The SMILES string of the molecule is NNC(=O)c1ncoc1-c1ccc(I)cc1. The molecule has 16 heavy (non-hydrogen) atoms. The van der Waals surface area contributed by atoms with Crippen molar-refractivity contribution in [2.75, 3.05) is 0 Å². The molecular weight excluding hydrogens is 321 g/mol. The van der Waals surface area contributed by atoms with Crippen LogP contribution in [-0.4, -0.2) is 10.9 Å². The second-order valence-electron chi connectivity index (χ2n) is 3.01. The largest absolute Gasteiger partial charge is 0.443 e. The van der Waals surface area contributed by atoms with Crippen molar-refractivity contribution in [3.05, 3.63) is 39.9 Å². The average Bonchev–Trinajstić information content (AvgIpc) is 2.78. The molecule has 5 nitrogen and oxygen atoms in total. The molecule has 0 radical (unpaired) electrons. The number of nitrogens with two attached hydrogens (primary N) is 1. The lowest BCUT2D eigenvalue weighted by atomic mass is 10.1. The first-order chi connectivity index (χ1) is 7.72. The van der Waals surface area contributed by atoms with Gasteiger partial charge < -0.3 is 4.42 Å². The van der Waals surface area contributed by atoms with Gasteiger partial charge in [0.15, 0.2) is 17.8 Å². The number of amides is 1. The number of hydrazine groups is 1. The fourth-order valence-corrected chi connectivity index (χ4v) is 1.64. The van der Waals surface area contributed by atoms with Gasteiger partial charge >= 0.3 is 0 Å². The van der Waals surface area contributed by atoms with Crippen LogP contribution in [0.2, 0.25) is 0 Å². The molecular formula is C10H8IN3O2. The van der Waals surface area contributed by atoms with Gasteiger partial charge in [0, 0.05) is 9.13 Å². The number of oxazole rings is 1. The van der Waals surface area contributed by atoms with E-state index in [2.05, 4.69) is 27.6 Å². The molecule has 0 saturated heterocycles. The van der Waals surface area contributed by atoms with Gasteiger partial charge in [-0.3, -0.25) is 10.2 Å². The molecule has 0 aliphatic rings. The van der Waals surface area contributed by atoms with E-state index in [1.54, 1.807) is 0 Å². The van der Waals surface area contributed by atoms with E-state index in [1.807, 2.05) is 29.7 Å². The van der Waals surface area contributed by atoms with Gasteiger partial charge in [0.25, 0.3) is 5.91 Å². The first-order valence-electron chi connectivity index (χ1n) is 4.42.